The molecule has 0 spiro atoms. The molecule has 1 atom stereocenters. The van der Waals surface area contributed by atoms with Gasteiger partial charge < -0.3 is 14.7 Å². The standard InChI is InChI=1S/C29H26FN3O5/c30-20-11-13-21(14-12-20)33-26(8-4-5-9-27(34)35)31-24-16-19(10-15-22(24)29(33)37)23-17-25(38-32-23)28(36)18-6-2-1-3-7-18/h2,6-7,10-17,28,36H,1,3-5,8-9H2,(H,34,35)/t28-/m0/s1. The first-order chi connectivity index (χ1) is 18.4. The van der Waals surface area contributed by atoms with Gasteiger partial charge in [0.2, 0.25) is 0 Å². The van der Waals surface area contributed by atoms with Crippen molar-refractivity contribution >= 4 is 16.9 Å². The van der Waals surface area contributed by atoms with Crippen molar-refractivity contribution in [1.82, 2.24) is 14.7 Å². The second kappa shape index (κ2) is 10.9. The van der Waals surface area contributed by atoms with Crippen LogP contribution in [-0.4, -0.2) is 30.9 Å². The van der Waals surface area contributed by atoms with Gasteiger partial charge in [0, 0.05) is 24.5 Å². The van der Waals surface area contributed by atoms with E-state index >= 15 is 0 Å². The number of unbranched alkanes of at least 4 members (excludes halogenated alkanes) is 1. The number of allylic oxidation sites excluding steroid dienone is 2. The van der Waals surface area contributed by atoms with Crippen LogP contribution in [0.3, 0.4) is 0 Å². The van der Waals surface area contributed by atoms with Crippen LogP contribution in [0.1, 0.15) is 49.8 Å². The summed E-state index contributed by atoms with van der Waals surface area (Å²) in [6, 6.07) is 12.4. The molecule has 2 heterocycles. The monoisotopic (exact) mass is 515 g/mol. The molecule has 1 aliphatic carbocycles. The highest BCUT2D eigenvalue weighted by molar-refractivity contribution is 5.83. The summed E-state index contributed by atoms with van der Waals surface area (Å²) < 4.78 is 20.4. The number of fused-ring (bicyclic) bond motifs is 1. The number of aliphatic hydroxyl groups is 1. The first-order valence-corrected chi connectivity index (χ1v) is 12.5. The maximum atomic E-state index is 13.5. The van der Waals surface area contributed by atoms with Crippen LogP contribution in [0.15, 0.2) is 81.6 Å². The number of aliphatic hydroxyl groups excluding tert-OH is 1. The Morgan fingerprint density at radius 2 is 1.92 bits per heavy atom. The Morgan fingerprint density at radius 3 is 2.66 bits per heavy atom. The summed E-state index contributed by atoms with van der Waals surface area (Å²) in [5, 5.41) is 24.1. The lowest BCUT2D eigenvalue weighted by Gasteiger charge is -2.14. The predicted molar refractivity (Wildman–Crippen MR) is 139 cm³/mol. The number of hydrogen-bond donors (Lipinski definition) is 2. The molecule has 2 aromatic heterocycles. The van der Waals surface area contributed by atoms with Crippen LogP contribution in [0, 0.1) is 5.82 Å². The zero-order valence-corrected chi connectivity index (χ0v) is 20.5. The first-order valence-electron chi connectivity index (χ1n) is 12.5. The van der Waals surface area contributed by atoms with Crippen molar-refractivity contribution in [2.45, 2.75) is 44.6 Å². The van der Waals surface area contributed by atoms with E-state index in [2.05, 4.69) is 5.16 Å². The molecule has 0 bridgehead atoms. The van der Waals surface area contributed by atoms with Gasteiger partial charge >= 0.3 is 5.97 Å². The maximum Gasteiger partial charge on any atom is 0.303 e. The topological polar surface area (TPSA) is 118 Å². The predicted octanol–water partition coefficient (Wildman–Crippen LogP) is 5.29. The minimum Gasteiger partial charge on any atom is -0.481 e. The molecule has 2 N–H and O–H groups in total. The Labute approximate surface area is 217 Å². The van der Waals surface area contributed by atoms with Gasteiger partial charge in [-0.15, -0.1) is 0 Å². The zero-order chi connectivity index (χ0) is 26.6. The van der Waals surface area contributed by atoms with Gasteiger partial charge in [0.05, 0.1) is 16.6 Å². The van der Waals surface area contributed by atoms with E-state index in [-0.39, 0.29) is 12.0 Å². The van der Waals surface area contributed by atoms with Crippen LogP contribution in [0.5, 0.6) is 0 Å². The third kappa shape index (κ3) is 5.33. The quantitative estimate of drug-likeness (QED) is 0.291. The molecule has 0 amide bonds. The Bertz CT molecular complexity index is 1600. The molecule has 8 nitrogen and oxygen atoms in total. The Balaban J connectivity index is 1.52. The summed E-state index contributed by atoms with van der Waals surface area (Å²) in [6.07, 6.45) is 8.05. The first kappa shape index (κ1) is 25.3. The van der Waals surface area contributed by atoms with Gasteiger partial charge in [-0.05, 0) is 67.7 Å². The highest BCUT2D eigenvalue weighted by Crippen LogP contribution is 2.30. The fourth-order valence-corrected chi connectivity index (χ4v) is 4.53. The molecule has 0 saturated carbocycles. The van der Waals surface area contributed by atoms with E-state index in [9.17, 15) is 19.1 Å². The molecule has 4 aromatic rings. The number of hydrogen-bond acceptors (Lipinski definition) is 6. The minimum atomic E-state index is -0.924. The lowest BCUT2D eigenvalue weighted by atomic mass is 10.00. The normalized spacial score (nSPS) is 14.0. The average Bonchev–Trinajstić information content (AvgIpc) is 3.42. The fourth-order valence-electron chi connectivity index (χ4n) is 4.53. The van der Waals surface area contributed by atoms with Crippen LogP contribution >= 0.6 is 0 Å². The molecule has 9 heteroatoms. The molecule has 194 valence electrons. The second-order valence-corrected chi connectivity index (χ2v) is 9.18. The van der Waals surface area contributed by atoms with E-state index in [0.717, 1.165) is 18.4 Å². The van der Waals surface area contributed by atoms with Crippen LogP contribution in [0.2, 0.25) is 0 Å². The largest absolute Gasteiger partial charge is 0.481 e. The van der Waals surface area contributed by atoms with Crippen molar-refractivity contribution in [3.8, 4) is 16.9 Å². The molecule has 0 unspecified atom stereocenters. The SMILES string of the molecule is O=C(O)CCCCc1nc2cc(-c3cc([C@@H](O)C4=CCCC=C4)on3)ccc2c(=O)n1-c1ccc(F)cc1. The number of benzene rings is 2. The second-order valence-electron chi connectivity index (χ2n) is 9.18. The zero-order valence-electron chi connectivity index (χ0n) is 20.5. The number of rotatable bonds is 9. The number of aliphatic carboxylic acids is 1. The molecule has 0 fully saturated rings. The maximum absolute atomic E-state index is 13.5. The number of carboxylic acids is 1. The van der Waals surface area contributed by atoms with Gasteiger partial charge in [0.15, 0.2) is 5.76 Å². The molecule has 5 rings (SSSR count). The highest BCUT2D eigenvalue weighted by atomic mass is 19.1. The van der Waals surface area contributed by atoms with Gasteiger partial charge in [0.25, 0.3) is 5.56 Å². The van der Waals surface area contributed by atoms with Gasteiger partial charge in [0.1, 0.15) is 23.4 Å². The van der Waals surface area contributed by atoms with E-state index < -0.39 is 17.9 Å². The third-order valence-electron chi connectivity index (χ3n) is 6.50. The lowest BCUT2D eigenvalue weighted by Crippen LogP contribution is -2.24. The Hall–Kier alpha value is -4.37. The number of aryl methyl sites for hydroxylation is 1. The molecular weight excluding hydrogens is 489 g/mol. The van der Waals surface area contributed by atoms with Crippen molar-refractivity contribution in [2.24, 2.45) is 0 Å². The fraction of sp³-hybridized carbons (Fsp3) is 0.241. The van der Waals surface area contributed by atoms with Gasteiger partial charge in [-0.1, -0.05) is 29.5 Å². The van der Waals surface area contributed by atoms with E-state index in [1.165, 1.54) is 28.8 Å². The summed E-state index contributed by atoms with van der Waals surface area (Å²) in [5.41, 5.74) is 2.53. The van der Waals surface area contributed by atoms with Crippen LogP contribution in [-0.2, 0) is 11.2 Å². The lowest BCUT2D eigenvalue weighted by molar-refractivity contribution is -0.137. The van der Waals surface area contributed by atoms with Crippen LogP contribution in [0.25, 0.3) is 27.8 Å². The number of halogens is 1. The van der Waals surface area contributed by atoms with E-state index in [1.54, 1.807) is 24.3 Å². The summed E-state index contributed by atoms with van der Waals surface area (Å²) in [7, 11) is 0. The third-order valence-corrected chi connectivity index (χ3v) is 6.50. The van der Waals surface area contributed by atoms with E-state index in [0.29, 0.717) is 58.7 Å². The van der Waals surface area contributed by atoms with Crippen molar-refractivity contribution < 1.29 is 23.9 Å². The number of nitrogens with zero attached hydrogens (tertiary/aromatic N) is 3. The van der Waals surface area contributed by atoms with Gasteiger partial charge in [-0.2, -0.15) is 0 Å². The van der Waals surface area contributed by atoms with Crippen molar-refractivity contribution in [2.75, 3.05) is 0 Å². The molecule has 1 aliphatic rings. The van der Waals surface area contributed by atoms with Gasteiger partial charge in [-0.3, -0.25) is 14.2 Å². The number of carboxylic acid groups (broad SMARTS) is 1. The summed E-state index contributed by atoms with van der Waals surface area (Å²) >= 11 is 0. The molecule has 2 aromatic carbocycles. The summed E-state index contributed by atoms with van der Waals surface area (Å²) in [6.45, 7) is 0. The minimum absolute atomic E-state index is 0.0194. The van der Waals surface area contributed by atoms with Crippen molar-refractivity contribution in [1.29, 1.82) is 0 Å². The Morgan fingerprint density at radius 1 is 1.11 bits per heavy atom. The molecule has 38 heavy (non-hydrogen) atoms. The van der Waals surface area contributed by atoms with Gasteiger partial charge in [-0.25, -0.2) is 9.37 Å². The molecule has 0 radical (unpaired) electrons. The van der Waals surface area contributed by atoms with Crippen molar-refractivity contribution in [3.63, 3.8) is 0 Å². The number of carbonyl (C=O) groups is 1. The van der Waals surface area contributed by atoms with Crippen molar-refractivity contribution in [3.05, 3.63) is 100 Å². The van der Waals surface area contributed by atoms with Crippen LogP contribution < -0.4 is 5.56 Å². The molecule has 0 saturated heterocycles. The van der Waals surface area contributed by atoms with E-state index in [4.69, 9.17) is 14.6 Å². The summed E-state index contributed by atoms with van der Waals surface area (Å²) in [4.78, 5) is 29.2. The number of aromatic nitrogens is 3. The van der Waals surface area contributed by atoms with Crippen LogP contribution in [0.4, 0.5) is 4.39 Å². The summed E-state index contributed by atoms with van der Waals surface area (Å²) in [5.74, 6) is -0.540. The van der Waals surface area contributed by atoms with E-state index in [1.807, 2.05) is 18.2 Å². The smallest absolute Gasteiger partial charge is 0.303 e. The average molecular weight is 516 g/mol. The highest BCUT2D eigenvalue weighted by Gasteiger charge is 2.20. The molecular formula is C29H26FN3O5. The molecule has 0 aliphatic heterocycles. The Kier molecular flexibility index (Phi) is 7.28.